The zero-order valence-electron chi connectivity index (χ0n) is 44.2. The Balaban J connectivity index is 0.000000233. The van der Waals surface area contributed by atoms with Crippen molar-refractivity contribution < 1.29 is 43.3 Å². The van der Waals surface area contributed by atoms with Crippen LogP contribution in [0.25, 0.3) is 20.2 Å². The number of hydrogen-bond donors (Lipinski definition) is 7. The molecule has 2 aromatic carbocycles. The Bertz CT molecular complexity index is 3520. The summed E-state index contributed by atoms with van der Waals surface area (Å²) in [5, 5.41) is 25.4. The van der Waals surface area contributed by atoms with Gasteiger partial charge in [-0.3, -0.25) is 33.8 Å². The van der Waals surface area contributed by atoms with E-state index in [0.717, 1.165) is 72.7 Å². The van der Waals surface area contributed by atoms with Crippen LogP contribution >= 0.6 is 58.3 Å². The van der Waals surface area contributed by atoms with Crippen LogP contribution in [-0.2, 0) is 37.7 Å². The number of ether oxygens (including phenoxy) is 2. The van der Waals surface area contributed by atoms with Crippen LogP contribution < -0.4 is 32.3 Å². The van der Waals surface area contributed by atoms with E-state index < -0.39 is 17.8 Å². The largest absolute Gasteiger partial charge is 0.477 e. The first kappa shape index (κ1) is 60.5. The molecule has 80 heavy (non-hydrogen) atoms. The van der Waals surface area contributed by atoms with Crippen LogP contribution in [0.4, 0.5) is 22.7 Å². The van der Waals surface area contributed by atoms with E-state index in [1.807, 2.05) is 55.6 Å². The Labute approximate surface area is 484 Å². The number of amides is 5. The standard InChI is InChI=1S/C33H35ClN8O5S.C12H20N4O2.C9H5ClO2S.ClH/c1-39-17-20(14-24(39)30(43)35-8-9-42-10-12-47-13-11-42)36-31(44)25-15-21(18-40(25)2)37-32(45)26-16-22(19-41(26)3)38-33(46)29-28(34)23-6-4-5-7-27(23)48-29;1-15-9-10(13)8-11(15)12(17)14-2-3-16-4-6-18-7-5-16;10-7-5-3-1-2-4-6(5)13-8(7)9(11)12;/h4-7,14-19H,8-13H2,1-3H3,(H,35,43)(H,36,44)(H,37,45)(H,38,46);8-9H,2-7,13H2,1H3,(H,14,17);1-4H,(H,11,12);1H. The highest BCUT2D eigenvalue weighted by Crippen LogP contribution is 2.36. The molecule has 8 N–H and O–H groups in total. The summed E-state index contributed by atoms with van der Waals surface area (Å²) >= 11 is 14.8. The third kappa shape index (κ3) is 15.2. The number of aromatic carboxylic acids is 1. The number of rotatable bonds is 15. The molecular weight excluding hydrogens is 1130 g/mol. The normalized spacial score (nSPS) is 13.5. The third-order valence-corrected chi connectivity index (χ3v) is 16.2. The highest BCUT2D eigenvalue weighted by atomic mass is 35.5. The van der Waals surface area contributed by atoms with Crippen LogP contribution in [0.1, 0.15) is 61.3 Å². The van der Waals surface area contributed by atoms with Gasteiger partial charge < -0.3 is 65.2 Å². The van der Waals surface area contributed by atoms with Crippen molar-refractivity contribution in [3.05, 3.63) is 140 Å². The second kappa shape index (κ2) is 27.8. The molecule has 8 aromatic rings. The van der Waals surface area contributed by atoms with E-state index in [4.69, 9.17) is 43.5 Å². The summed E-state index contributed by atoms with van der Waals surface area (Å²) in [5.41, 5.74) is 9.15. The summed E-state index contributed by atoms with van der Waals surface area (Å²) in [7, 11) is 6.94. The summed E-state index contributed by atoms with van der Waals surface area (Å²) in [6.45, 7) is 9.26. The van der Waals surface area contributed by atoms with Crippen LogP contribution in [0, 0.1) is 0 Å². The first-order chi connectivity index (χ1) is 37.9. The number of carboxylic acid groups (broad SMARTS) is 1. The van der Waals surface area contributed by atoms with Crippen molar-refractivity contribution in [1.29, 1.82) is 0 Å². The fourth-order valence-corrected chi connectivity index (χ4v) is 11.5. The number of thiophene rings is 2. The van der Waals surface area contributed by atoms with Crippen molar-refractivity contribution in [2.45, 2.75) is 0 Å². The number of carboxylic acids is 1. The number of nitrogens with two attached hydrogens (primary N) is 1. The Morgan fingerprint density at radius 1 is 0.537 bits per heavy atom. The van der Waals surface area contributed by atoms with Gasteiger partial charge in [-0.05, 0) is 36.4 Å². The second-order valence-corrected chi connectivity index (χ2v) is 21.4. The average Bonchev–Trinajstić information content (AvgIpc) is 4.30. The lowest BCUT2D eigenvalue weighted by Crippen LogP contribution is -2.41. The number of hydrogen-bond acceptors (Lipinski definition) is 13. The molecule has 2 saturated heterocycles. The Hall–Kier alpha value is -7.19. The number of morpholine rings is 2. The number of nitrogens with one attached hydrogen (secondary N) is 5. The van der Waals surface area contributed by atoms with Crippen molar-refractivity contribution in [2.24, 2.45) is 28.2 Å². The zero-order valence-corrected chi connectivity index (χ0v) is 48.1. The van der Waals surface area contributed by atoms with Crippen molar-refractivity contribution in [3.63, 3.8) is 0 Å². The maximum Gasteiger partial charge on any atom is 0.347 e. The number of carbonyl (C=O) groups is 6. The lowest BCUT2D eigenvalue weighted by Gasteiger charge is -2.26. The predicted octanol–water partition coefficient (Wildman–Crippen LogP) is 7.73. The Kier molecular flexibility index (Phi) is 21.0. The van der Waals surface area contributed by atoms with Gasteiger partial charge in [0.15, 0.2) is 0 Å². The van der Waals surface area contributed by atoms with Crippen LogP contribution in [0.2, 0.25) is 10.0 Å². The molecule has 2 fully saturated rings. The average molecular weight is 1190 g/mol. The highest BCUT2D eigenvalue weighted by molar-refractivity contribution is 7.22. The summed E-state index contributed by atoms with van der Waals surface area (Å²) in [6, 6.07) is 21.3. The molecule has 21 nitrogen and oxygen atoms in total. The Morgan fingerprint density at radius 3 is 1.30 bits per heavy atom. The minimum absolute atomic E-state index is 0. The van der Waals surface area contributed by atoms with Crippen LogP contribution in [0.3, 0.4) is 0 Å². The van der Waals surface area contributed by atoms with Gasteiger partial charge in [0.1, 0.15) is 32.5 Å². The summed E-state index contributed by atoms with van der Waals surface area (Å²) in [5.74, 6) is -2.49. The van der Waals surface area contributed by atoms with E-state index in [1.165, 1.54) is 22.7 Å². The minimum Gasteiger partial charge on any atom is -0.477 e. The van der Waals surface area contributed by atoms with Crippen LogP contribution in [-0.4, -0.2) is 147 Å². The van der Waals surface area contributed by atoms with Gasteiger partial charge in [-0.1, -0.05) is 59.6 Å². The SMILES string of the molecule is Cl.Cn1cc(N)cc1C(=O)NCCN1CCOCC1.Cn1cc(NC(=O)c2cc(NC(=O)c3cc(NC(=O)c4sc5ccccc5c4Cl)cn3C)cn2C)cc1C(=O)NCCN1CCOCC1.O=C(O)c1sc2ccccc2c1Cl. The number of aryl methyl sites for hydroxylation is 4. The van der Waals surface area contributed by atoms with Gasteiger partial charge in [0, 0.05) is 126 Å². The summed E-state index contributed by atoms with van der Waals surface area (Å²) in [6.07, 6.45) is 6.66. The molecule has 8 heterocycles. The molecule has 26 heteroatoms. The number of nitrogens with zero attached hydrogens (tertiary/aromatic N) is 6. The fourth-order valence-electron chi connectivity index (χ4n) is 8.77. The molecule has 0 radical (unpaired) electrons. The Morgan fingerprint density at radius 2 is 0.900 bits per heavy atom. The van der Waals surface area contributed by atoms with Gasteiger partial charge in [0.05, 0.1) is 59.2 Å². The third-order valence-electron chi connectivity index (χ3n) is 12.8. The van der Waals surface area contributed by atoms with E-state index in [9.17, 15) is 28.8 Å². The van der Waals surface area contributed by atoms with Gasteiger partial charge in [-0.15, -0.1) is 35.1 Å². The fraction of sp³-hybridized carbons (Fsp3) is 0.296. The first-order valence-corrected chi connectivity index (χ1v) is 27.4. The van der Waals surface area contributed by atoms with Crippen molar-refractivity contribution in [2.75, 3.05) is 100 Å². The number of anilines is 4. The molecule has 6 aromatic heterocycles. The lowest BCUT2D eigenvalue weighted by atomic mass is 10.2. The molecule has 0 spiro atoms. The summed E-state index contributed by atoms with van der Waals surface area (Å²) in [4.78, 5) is 79.9. The molecular formula is C54H61Cl3N12O9S2. The molecule has 0 saturated carbocycles. The number of fused-ring (bicyclic) bond motifs is 2. The second-order valence-electron chi connectivity index (χ2n) is 18.5. The van der Waals surface area contributed by atoms with Gasteiger partial charge in [0.25, 0.3) is 29.5 Å². The molecule has 0 bridgehead atoms. The van der Waals surface area contributed by atoms with Crippen LogP contribution in [0.5, 0.6) is 0 Å². The molecule has 0 unspecified atom stereocenters. The molecule has 424 valence electrons. The molecule has 2 aliphatic heterocycles. The number of aromatic nitrogens is 4. The van der Waals surface area contributed by atoms with Gasteiger partial charge in [0.2, 0.25) is 0 Å². The number of nitrogen functional groups attached to an aromatic ring is 1. The quantitative estimate of drug-likeness (QED) is 0.0521. The van der Waals surface area contributed by atoms with Crippen molar-refractivity contribution in [1.82, 2.24) is 38.7 Å². The van der Waals surface area contributed by atoms with Crippen LogP contribution in [0.15, 0.2) is 97.6 Å². The number of benzene rings is 2. The number of halogens is 3. The number of carbonyl (C=O) groups excluding carboxylic acids is 5. The molecule has 5 amide bonds. The van der Waals surface area contributed by atoms with E-state index in [1.54, 1.807) is 88.5 Å². The van der Waals surface area contributed by atoms with E-state index in [0.29, 0.717) is 86.8 Å². The lowest BCUT2D eigenvalue weighted by molar-refractivity contribution is 0.0382. The maximum absolute atomic E-state index is 13.2. The van der Waals surface area contributed by atoms with Crippen molar-refractivity contribution >= 4 is 137 Å². The van der Waals surface area contributed by atoms with E-state index in [-0.39, 0.29) is 35.0 Å². The smallest absolute Gasteiger partial charge is 0.347 e. The first-order valence-electron chi connectivity index (χ1n) is 25.0. The topological polar surface area (TPSA) is 253 Å². The predicted molar refractivity (Wildman–Crippen MR) is 317 cm³/mol. The monoisotopic (exact) mass is 1190 g/mol. The molecule has 0 atom stereocenters. The zero-order chi connectivity index (χ0) is 56.3. The van der Waals surface area contributed by atoms with E-state index >= 15 is 0 Å². The van der Waals surface area contributed by atoms with Gasteiger partial charge >= 0.3 is 5.97 Å². The van der Waals surface area contributed by atoms with Gasteiger partial charge in [-0.2, -0.15) is 0 Å². The van der Waals surface area contributed by atoms with E-state index in [2.05, 4.69) is 36.4 Å². The van der Waals surface area contributed by atoms with Crippen molar-refractivity contribution in [3.8, 4) is 0 Å². The molecule has 0 aliphatic carbocycles. The van der Waals surface area contributed by atoms with Gasteiger partial charge in [-0.25, -0.2) is 4.79 Å². The molecule has 2 aliphatic rings. The minimum atomic E-state index is -0.966. The summed E-state index contributed by atoms with van der Waals surface area (Å²) < 4.78 is 19.0. The highest BCUT2D eigenvalue weighted by Gasteiger charge is 2.22. The maximum atomic E-state index is 13.2. The molecule has 10 rings (SSSR count).